The fourth-order valence-electron chi connectivity index (χ4n) is 2.29. The van der Waals surface area contributed by atoms with Crippen molar-refractivity contribution in [2.24, 2.45) is 5.92 Å². The third kappa shape index (κ3) is 3.07. The van der Waals surface area contributed by atoms with Crippen LogP contribution >= 0.6 is 11.3 Å². The van der Waals surface area contributed by atoms with Crippen LogP contribution in [0.3, 0.4) is 0 Å². The van der Waals surface area contributed by atoms with Crippen LogP contribution in [-0.4, -0.2) is 38.1 Å². The molecule has 0 aliphatic carbocycles. The maximum atomic E-state index is 12.1. The molecule has 0 N–H and O–H groups in total. The predicted octanol–water partition coefficient (Wildman–Crippen LogP) is 1.76. The van der Waals surface area contributed by atoms with E-state index in [9.17, 15) is 14.4 Å². The normalized spacial score (nSPS) is 18.0. The van der Waals surface area contributed by atoms with Gasteiger partial charge in [0.25, 0.3) is 0 Å². The van der Waals surface area contributed by atoms with Crippen molar-refractivity contribution >= 4 is 34.2 Å². The van der Waals surface area contributed by atoms with Crippen molar-refractivity contribution in [2.45, 2.75) is 20.3 Å². The summed E-state index contributed by atoms with van der Waals surface area (Å²) in [6, 6.07) is 1.71. The van der Waals surface area contributed by atoms with Crippen LogP contribution < -0.4 is 4.90 Å². The summed E-state index contributed by atoms with van der Waals surface area (Å²) in [6.07, 6.45) is 0.103. The molecule has 2 rings (SSSR count). The number of hydrogen-bond acceptors (Lipinski definition) is 6. The lowest BCUT2D eigenvalue weighted by atomic mass is 10.1. The summed E-state index contributed by atoms with van der Waals surface area (Å²) in [6.45, 7) is 4.09. The minimum absolute atomic E-state index is 0.103. The van der Waals surface area contributed by atoms with Crippen molar-refractivity contribution < 1.29 is 23.9 Å². The molecule has 0 radical (unpaired) electrons. The Balaban J connectivity index is 2.28. The Morgan fingerprint density at radius 1 is 1.48 bits per heavy atom. The first kappa shape index (κ1) is 15.5. The maximum absolute atomic E-state index is 12.1. The Labute approximate surface area is 126 Å². The molecule has 1 unspecified atom stereocenters. The number of hydrogen-bond donors (Lipinski definition) is 0. The molecule has 2 heterocycles. The molecular weight excluding hydrogens is 294 g/mol. The Morgan fingerprint density at radius 3 is 2.81 bits per heavy atom. The first-order valence-electron chi connectivity index (χ1n) is 6.63. The Morgan fingerprint density at radius 2 is 2.19 bits per heavy atom. The van der Waals surface area contributed by atoms with Crippen LogP contribution in [0.4, 0.5) is 5.00 Å². The number of nitrogens with zero attached hydrogens (tertiary/aromatic N) is 1. The van der Waals surface area contributed by atoms with Gasteiger partial charge in [-0.3, -0.25) is 9.59 Å². The lowest BCUT2D eigenvalue weighted by Gasteiger charge is -2.15. The second-order valence-corrected chi connectivity index (χ2v) is 5.96. The maximum Gasteiger partial charge on any atom is 0.341 e. The monoisotopic (exact) mass is 311 g/mol. The smallest absolute Gasteiger partial charge is 0.341 e. The zero-order valence-corrected chi connectivity index (χ0v) is 13.0. The van der Waals surface area contributed by atoms with Gasteiger partial charge in [-0.05, 0) is 19.9 Å². The van der Waals surface area contributed by atoms with E-state index < -0.39 is 17.9 Å². The average Bonchev–Trinajstić information content (AvgIpc) is 3.01. The number of rotatable bonds is 4. The number of thiophene rings is 1. The van der Waals surface area contributed by atoms with Gasteiger partial charge in [0.05, 0.1) is 25.2 Å². The molecule has 114 valence electrons. The summed E-state index contributed by atoms with van der Waals surface area (Å²) >= 11 is 1.34. The van der Waals surface area contributed by atoms with Gasteiger partial charge in [0.2, 0.25) is 5.91 Å². The molecule has 1 aromatic heterocycles. The Bertz CT molecular complexity index is 580. The molecule has 0 bridgehead atoms. The number of aryl methyl sites for hydroxylation is 1. The van der Waals surface area contributed by atoms with E-state index in [1.165, 1.54) is 23.3 Å². The first-order chi connectivity index (χ1) is 9.97. The van der Waals surface area contributed by atoms with Crippen molar-refractivity contribution in [3.8, 4) is 0 Å². The summed E-state index contributed by atoms with van der Waals surface area (Å²) in [5, 5.41) is 0.544. The van der Waals surface area contributed by atoms with Gasteiger partial charge in [0.15, 0.2) is 0 Å². The molecular formula is C14H17NO5S. The number of esters is 2. The molecule has 1 amide bonds. The molecule has 21 heavy (non-hydrogen) atoms. The van der Waals surface area contributed by atoms with Crippen LogP contribution in [0, 0.1) is 12.8 Å². The molecule has 1 saturated heterocycles. The van der Waals surface area contributed by atoms with Crippen LogP contribution in [-0.2, 0) is 19.1 Å². The van der Waals surface area contributed by atoms with Crippen molar-refractivity contribution in [3.05, 3.63) is 16.5 Å². The van der Waals surface area contributed by atoms with E-state index in [1.54, 1.807) is 13.0 Å². The van der Waals surface area contributed by atoms with Gasteiger partial charge in [-0.2, -0.15) is 0 Å². The predicted molar refractivity (Wildman–Crippen MR) is 77.5 cm³/mol. The zero-order chi connectivity index (χ0) is 15.6. The number of methoxy groups -OCH3 is 1. The second-order valence-electron chi connectivity index (χ2n) is 4.72. The fourth-order valence-corrected chi connectivity index (χ4v) is 3.31. The van der Waals surface area contributed by atoms with Crippen molar-refractivity contribution in [3.63, 3.8) is 0 Å². The van der Waals surface area contributed by atoms with E-state index in [0.29, 0.717) is 10.6 Å². The van der Waals surface area contributed by atoms with Gasteiger partial charge in [-0.25, -0.2) is 4.79 Å². The van der Waals surface area contributed by atoms with Gasteiger partial charge < -0.3 is 14.4 Å². The number of anilines is 1. The molecule has 1 aliphatic rings. The third-order valence-corrected chi connectivity index (χ3v) is 4.31. The molecule has 1 fully saturated rings. The summed E-state index contributed by atoms with van der Waals surface area (Å²) in [4.78, 5) is 38.0. The van der Waals surface area contributed by atoms with Gasteiger partial charge >= 0.3 is 11.9 Å². The number of ether oxygens (including phenoxy) is 2. The van der Waals surface area contributed by atoms with Gasteiger partial charge in [0.1, 0.15) is 5.00 Å². The van der Waals surface area contributed by atoms with Crippen molar-refractivity contribution in [1.82, 2.24) is 0 Å². The molecule has 0 saturated carbocycles. The molecule has 1 aromatic rings. The van der Waals surface area contributed by atoms with Crippen LogP contribution in [0.25, 0.3) is 0 Å². The van der Waals surface area contributed by atoms with Gasteiger partial charge in [-0.15, -0.1) is 11.3 Å². The molecule has 7 heteroatoms. The Hall–Kier alpha value is -1.89. The minimum atomic E-state index is -0.486. The summed E-state index contributed by atoms with van der Waals surface area (Å²) in [7, 11) is 1.30. The highest BCUT2D eigenvalue weighted by molar-refractivity contribution is 7.16. The number of amides is 1. The van der Waals surface area contributed by atoms with E-state index in [0.717, 1.165) is 4.88 Å². The topological polar surface area (TPSA) is 72.9 Å². The lowest BCUT2D eigenvalue weighted by Crippen LogP contribution is -2.27. The SMILES string of the molecule is CCOC(=O)c1cc(C)sc1N1CC(C(=O)OC)CC1=O. The molecule has 0 spiro atoms. The van der Waals surface area contributed by atoms with Crippen LogP contribution in [0.15, 0.2) is 6.07 Å². The van der Waals surface area contributed by atoms with Gasteiger partial charge in [-0.1, -0.05) is 0 Å². The van der Waals surface area contributed by atoms with E-state index in [4.69, 9.17) is 4.74 Å². The van der Waals surface area contributed by atoms with E-state index in [2.05, 4.69) is 4.74 Å². The van der Waals surface area contributed by atoms with Crippen molar-refractivity contribution in [1.29, 1.82) is 0 Å². The summed E-state index contributed by atoms with van der Waals surface area (Å²) in [5.74, 6) is -1.53. The van der Waals surface area contributed by atoms with E-state index in [1.807, 2.05) is 6.92 Å². The largest absolute Gasteiger partial charge is 0.469 e. The average molecular weight is 311 g/mol. The van der Waals surface area contributed by atoms with Gasteiger partial charge in [0, 0.05) is 17.8 Å². The first-order valence-corrected chi connectivity index (χ1v) is 7.45. The summed E-state index contributed by atoms with van der Waals surface area (Å²) < 4.78 is 9.69. The van der Waals surface area contributed by atoms with Crippen molar-refractivity contribution in [2.75, 3.05) is 25.2 Å². The van der Waals surface area contributed by atoms with Crippen LogP contribution in [0.5, 0.6) is 0 Å². The highest BCUT2D eigenvalue weighted by Crippen LogP contribution is 2.36. The Kier molecular flexibility index (Phi) is 4.62. The molecule has 0 aromatic carbocycles. The number of carbonyl (C=O) groups is 3. The zero-order valence-electron chi connectivity index (χ0n) is 12.2. The lowest BCUT2D eigenvalue weighted by molar-refractivity contribution is -0.145. The van der Waals surface area contributed by atoms with Crippen LogP contribution in [0.1, 0.15) is 28.6 Å². The number of carbonyl (C=O) groups excluding carboxylic acids is 3. The van der Waals surface area contributed by atoms with E-state index in [-0.39, 0.29) is 25.5 Å². The highest BCUT2D eigenvalue weighted by Gasteiger charge is 2.38. The highest BCUT2D eigenvalue weighted by atomic mass is 32.1. The minimum Gasteiger partial charge on any atom is -0.469 e. The second kappa shape index (κ2) is 6.26. The van der Waals surface area contributed by atoms with Crippen LogP contribution in [0.2, 0.25) is 0 Å². The summed E-state index contributed by atoms with van der Waals surface area (Å²) in [5.41, 5.74) is 0.373. The molecule has 1 atom stereocenters. The molecule has 1 aliphatic heterocycles. The fraction of sp³-hybridized carbons (Fsp3) is 0.500. The molecule has 6 nitrogen and oxygen atoms in total. The van der Waals surface area contributed by atoms with E-state index >= 15 is 0 Å². The third-order valence-electron chi connectivity index (χ3n) is 3.24. The standard InChI is InChI=1S/C14H17NO5S/c1-4-20-14(18)10-5-8(2)21-12(10)15-7-9(6-11(15)16)13(17)19-3/h5,9H,4,6-7H2,1-3H3. The quantitative estimate of drug-likeness (QED) is 0.792.